The molecule has 0 atom stereocenters. The molecule has 0 saturated carbocycles. The van der Waals surface area contributed by atoms with Crippen LogP contribution in [-0.4, -0.2) is 10.2 Å². The maximum Gasteiger partial charge on any atom is 0.416 e. The molecule has 0 unspecified atom stereocenters. The summed E-state index contributed by atoms with van der Waals surface area (Å²) in [6, 6.07) is 8.21. The van der Waals surface area contributed by atoms with E-state index in [0.29, 0.717) is 0 Å². The fourth-order valence-electron chi connectivity index (χ4n) is 1.51. The van der Waals surface area contributed by atoms with Crippen LogP contribution in [0.3, 0.4) is 0 Å². The van der Waals surface area contributed by atoms with E-state index in [1.54, 1.807) is 6.07 Å². The summed E-state index contributed by atoms with van der Waals surface area (Å²) in [5.41, 5.74) is -0.736. The van der Waals surface area contributed by atoms with Crippen LogP contribution in [0.15, 0.2) is 36.4 Å². The predicted octanol–water partition coefficient (Wildman–Crippen LogP) is 4.12. The molecule has 0 aliphatic carbocycles. The van der Waals surface area contributed by atoms with Crippen molar-refractivity contribution in [2.24, 2.45) is 0 Å². The van der Waals surface area contributed by atoms with Gasteiger partial charge in [-0.3, -0.25) is 0 Å². The van der Waals surface area contributed by atoms with E-state index in [1.807, 2.05) is 0 Å². The van der Waals surface area contributed by atoms with E-state index in [-0.39, 0.29) is 22.6 Å². The number of hydrogen-bond donors (Lipinski definition) is 2. The van der Waals surface area contributed by atoms with E-state index >= 15 is 0 Å². The maximum atomic E-state index is 12.5. The molecule has 3 nitrogen and oxygen atoms in total. The average molecular weight is 313 g/mol. The van der Waals surface area contributed by atoms with Gasteiger partial charge in [0.2, 0.25) is 0 Å². The fourth-order valence-corrected chi connectivity index (χ4v) is 1.51. The van der Waals surface area contributed by atoms with Gasteiger partial charge in [0, 0.05) is 6.07 Å². The standard InChI is InChI=1S/C8H7F3O.C7H4FNO/c1-5-2-3-6(12)4-7(5)8(9,10)11;8-7-3-6(10)2-1-5(7)4-9/h2-4,12H,1H3;1-3,10H. The Labute approximate surface area is 123 Å². The van der Waals surface area contributed by atoms with Crippen LogP contribution >= 0.6 is 0 Å². The van der Waals surface area contributed by atoms with E-state index in [9.17, 15) is 17.6 Å². The largest absolute Gasteiger partial charge is 0.508 e. The van der Waals surface area contributed by atoms with Gasteiger partial charge >= 0.3 is 6.18 Å². The predicted molar refractivity (Wildman–Crippen MR) is 70.6 cm³/mol. The molecule has 2 rings (SSSR count). The Balaban J connectivity index is 0.000000224. The zero-order chi connectivity index (χ0) is 16.9. The van der Waals surface area contributed by atoms with E-state index in [1.165, 1.54) is 31.2 Å². The van der Waals surface area contributed by atoms with E-state index < -0.39 is 17.6 Å². The quantitative estimate of drug-likeness (QED) is 0.719. The lowest BCUT2D eigenvalue weighted by Crippen LogP contribution is -2.06. The third kappa shape index (κ3) is 4.66. The van der Waals surface area contributed by atoms with E-state index in [4.69, 9.17) is 15.5 Å². The molecule has 2 aromatic rings. The number of phenolic OH excluding ortho intramolecular Hbond substituents is 2. The summed E-state index contributed by atoms with van der Waals surface area (Å²) in [6.45, 7) is 1.35. The number of phenols is 2. The molecule has 0 spiro atoms. The first kappa shape index (κ1) is 17.3. The van der Waals surface area contributed by atoms with Crippen LogP contribution in [0.1, 0.15) is 16.7 Å². The molecule has 0 aromatic heterocycles. The summed E-state index contributed by atoms with van der Waals surface area (Å²) in [6.07, 6.45) is -4.39. The maximum absolute atomic E-state index is 12.5. The summed E-state index contributed by atoms with van der Waals surface area (Å²) in [4.78, 5) is 0. The van der Waals surface area contributed by atoms with Crippen LogP contribution in [0.2, 0.25) is 0 Å². The Bertz CT molecular complexity index is 706. The first-order valence-electron chi connectivity index (χ1n) is 5.90. The molecule has 0 fully saturated rings. The van der Waals surface area contributed by atoms with Gasteiger partial charge in [-0.05, 0) is 36.8 Å². The Kier molecular flexibility index (Phi) is 5.35. The molecule has 0 radical (unpaired) electrons. The highest BCUT2D eigenvalue weighted by Gasteiger charge is 2.32. The number of halogens is 4. The summed E-state index contributed by atoms with van der Waals surface area (Å²) >= 11 is 0. The van der Waals surface area contributed by atoms with Gasteiger partial charge in [0.05, 0.1) is 11.1 Å². The molecule has 0 saturated heterocycles. The lowest BCUT2D eigenvalue weighted by molar-refractivity contribution is -0.138. The van der Waals surface area contributed by atoms with Crippen molar-refractivity contribution in [1.82, 2.24) is 0 Å². The second kappa shape index (κ2) is 6.80. The third-order valence-electron chi connectivity index (χ3n) is 2.60. The van der Waals surface area contributed by atoms with Gasteiger partial charge in [0.15, 0.2) is 0 Å². The van der Waals surface area contributed by atoms with Crippen molar-refractivity contribution < 1.29 is 27.8 Å². The first-order valence-corrected chi connectivity index (χ1v) is 5.90. The van der Waals surface area contributed by atoms with E-state index in [0.717, 1.165) is 12.1 Å². The Morgan fingerprint density at radius 3 is 2.00 bits per heavy atom. The van der Waals surface area contributed by atoms with Gasteiger partial charge in [0.1, 0.15) is 23.4 Å². The highest BCUT2D eigenvalue weighted by Crippen LogP contribution is 2.33. The number of nitriles is 1. The van der Waals surface area contributed by atoms with Crippen molar-refractivity contribution in [3.63, 3.8) is 0 Å². The molecular weight excluding hydrogens is 302 g/mol. The second-order valence-electron chi connectivity index (χ2n) is 4.27. The summed E-state index contributed by atoms with van der Waals surface area (Å²) in [5, 5.41) is 25.7. The summed E-state index contributed by atoms with van der Waals surface area (Å²) in [7, 11) is 0. The number of hydrogen-bond acceptors (Lipinski definition) is 3. The van der Waals surface area contributed by atoms with Crippen LogP contribution in [0.25, 0.3) is 0 Å². The SMILES string of the molecule is Cc1ccc(O)cc1C(F)(F)F.N#Cc1ccc(O)cc1F. The lowest BCUT2D eigenvalue weighted by Gasteiger charge is -2.09. The van der Waals surface area contributed by atoms with Crippen molar-refractivity contribution in [3.05, 3.63) is 58.9 Å². The van der Waals surface area contributed by atoms with Gasteiger partial charge in [-0.15, -0.1) is 0 Å². The molecule has 0 aliphatic heterocycles. The molecule has 0 heterocycles. The molecule has 0 bridgehead atoms. The Morgan fingerprint density at radius 1 is 1.00 bits per heavy atom. The normalized spacial score (nSPS) is 10.4. The molecule has 116 valence electrons. The van der Waals surface area contributed by atoms with Crippen molar-refractivity contribution >= 4 is 0 Å². The van der Waals surface area contributed by atoms with Gasteiger partial charge in [-0.1, -0.05) is 6.07 Å². The van der Waals surface area contributed by atoms with Gasteiger partial charge in [0.25, 0.3) is 0 Å². The fraction of sp³-hybridized carbons (Fsp3) is 0.133. The van der Waals surface area contributed by atoms with Crippen molar-refractivity contribution in [1.29, 1.82) is 5.26 Å². The number of aromatic hydroxyl groups is 2. The minimum Gasteiger partial charge on any atom is -0.508 e. The average Bonchev–Trinajstić information content (AvgIpc) is 2.41. The van der Waals surface area contributed by atoms with Gasteiger partial charge in [-0.25, -0.2) is 4.39 Å². The van der Waals surface area contributed by atoms with E-state index in [2.05, 4.69) is 0 Å². The second-order valence-corrected chi connectivity index (χ2v) is 4.27. The molecule has 2 aromatic carbocycles. The molecule has 0 amide bonds. The molecule has 2 N–H and O–H groups in total. The Hall–Kier alpha value is -2.75. The zero-order valence-electron chi connectivity index (χ0n) is 11.3. The lowest BCUT2D eigenvalue weighted by atomic mass is 10.1. The smallest absolute Gasteiger partial charge is 0.416 e. The number of rotatable bonds is 0. The van der Waals surface area contributed by atoms with Crippen LogP contribution in [0, 0.1) is 24.1 Å². The minimum atomic E-state index is -4.39. The zero-order valence-corrected chi connectivity index (χ0v) is 11.3. The highest BCUT2D eigenvalue weighted by atomic mass is 19.4. The van der Waals surface area contributed by atoms with Crippen molar-refractivity contribution in [3.8, 4) is 17.6 Å². The van der Waals surface area contributed by atoms with Crippen molar-refractivity contribution in [2.75, 3.05) is 0 Å². The van der Waals surface area contributed by atoms with Crippen LogP contribution in [0.5, 0.6) is 11.5 Å². The topological polar surface area (TPSA) is 64.2 Å². The van der Waals surface area contributed by atoms with Gasteiger partial charge in [-0.2, -0.15) is 18.4 Å². The molecule has 0 aliphatic rings. The number of aryl methyl sites for hydroxylation is 1. The molecule has 22 heavy (non-hydrogen) atoms. The third-order valence-corrected chi connectivity index (χ3v) is 2.60. The molecular formula is C15H11F4NO2. The Morgan fingerprint density at radius 2 is 1.55 bits per heavy atom. The summed E-state index contributed by atoms with van der Waals surface area (Å²) < 4.78 is 48.8. The van der Waals surface area contributed by atoms with Crippen LogP contribution in [0.4, 0.5) is 17.6 Å². The number of nitrogens with zero attached hydrogens (tertiary/aromatic N) is 1. The van der Waals surface area contributed by atoms with Gasteiger partial charge < -0.3 is 10.2 Å². The first-order chi connectivity index (χ1) is 10.1. The number of benzene rings is 2. The van der Waals surface area contributed by atoms with Crippen molar-refractivity contribution in [2.45, 2.75) is 13.1 Å². The van der Waals surface area contributed by atoms with Crippen LogP contribution in [-0.2, 0) is 6.18 Å². The molecule has 7 heteroatoms. The number of alkyl halides is 3. The highest BCUT2D eigenvalue weighted by molar-refractivity contribution is 5.36. The summed E-state index contributed by atoms with van der Waals surface area (Å²) in [5.74, 6) is -1.23. The van der Waals surface area contributed by atoms with Crippen LogP contribution < -0.4 is 0 Å². The monoisotopic (exact) mass is 313 g/mol. The minimum absolute atomic E-state index is 0.0576.